The van der Waals surface area contributed by atoms with E-state index in [0.717, 1.165) is 11.1 Å². The number of hydrogen-bond donors (Lipinski definition) is 1. The van der Waals surface area contributed by atoms with Crippen molar-refractivity contribution >= 4 is 17.6 Å². The summed E-state index contributed by atoms with van der Waals surface area (Å²) in [6, 6.07) is 5.04. The summed E-state index contributed by atoms with van der Waals surface area (Å²) < 4.78 is 4.78. The molecule has 0 aliphatic rings. The maximum atomic E-state index is 11.7. The van der Waals surface area contributed by atoms with Crippen LogP contribution in [0.2, 0.25) is 5.02 Å². The highest BCUT2D eigenvalue weighted by atomic mass is 35.5. The SMILES string of the molecule is COC(=O)C(C)(C)[C@H](N)c1ccc(Cl)cc1C. The van der Waals surface area contributed by atoms with Gasteiger partial charge in [0.05, 0.1) is 12.5 Å². The van der Waals surface area contributed by atoms with E-state index in [-0.39, 0.29) is 5.97 Å². The maximum Gasteiger partial charge on any atom is 0.313 e. The Labute approximate surface area is 107 Å². The zero-order valence-electron chi connectivity index (χ0n) is 10.6. The summed E-state index contributed by atoms with van der Waals surface area (Å²) in [6.07, 6.45) is 0. The molecule has 0 spiro atoms. The molecule has 0 heterocycles. The van der Waals surface area contributed by atoms with Gasteiger partial charge in [-0.3, -0.25) is 4.79 Å². The molecule has 0 unspecified atom stereocenters. The van der Waals surface area contributed by atoms with Gasteiger partial charge >= 0.3 is 5.97 Å². The Morgan fingerprint density at radius 1 is 1.47 bits per heavy atom. The Hall–Kier alpha value is -1.06. The van der Waals surface area contributed by atoms with Gasteiger partial charge in [0, 0.05) is 11.1 Å². The normalized spacial score (nSPS) is 13.3. The van der Waals surface area contributed by atoms with Gasteiger partial charge in [0.1, 0.15) is 0 Å². The molecule has 0 saturated carbocycles. The van der Waals surface area contributed by atoms with Crippen molar-refractivity contribution in [3.63, 3.8) is 0 Å². The Morgan fingerprint density at radius 3 is 2.53 bits per heavy atom. The molecule has 2 N–H and O–H groups in total. The van der Waals surface area contributed by atoms with Crippen LogP contribution in [0.5, 0.6) is 0 Å². The summed E-state index contributed by atoms with van der Waals surface area (Å²) in [7, 11) is 1.37. The van der Waals surface area contributed by atoms with Gasteiger partial charge in [-0.1, -0.05) is 17.7 Å². The lowest BCUT2D eigenvalue weighted by atomic mass is 9.80. The summed E-state index contributed by atoms with van der Waals surface area (Å²) in [5.74, 6) is -0.320. The van der Waals surface area contributed by atoms with Crippen molar-refractivity contribution in [3.8, 4) is 0 Å². The fraction of sp³-hybridized carbons (Fsp3) is 0.462. The van der Waals surface area contributed by atoms with Gasteiger partial charge in [0.25, 0.3) is 0 Å². The molecule has 0 aliphatic heterocycles. The Bertz CT molecular complexity index is 429. The van der Waals surface area contributed by atoms with Gasteiger partial charge in [-0.25, -0.2) is 0 Å². The molecule has 1 atom stereocenters. The van der Waals surface area contributed by atoms with Crippen LogP contribution < -0.4 is 5.73 Å². The molecule has 94 valence electrons. The van der Waals surface area contributed by atoms with Gasteiger partial charge in [-0.05, 0) is 44.0 Å². The number of benzene rings is 1. The second-order valence-electron chi connectivity index (χ2n) is 4.69. The number of esters is 1. The average Bonchev–Trinajstić information content (AvgIpc) is 2.27. The predicted molar refractivity (Wildman–Crippen MR) is 68.9 cm³/mol. The number of carbonyl (C=O) groups is 1. The zero-order valence-corrected chi connectivity index (χ0v) is 11.3. The molecule has 4 heteroatoms. The molecule has 1 aromatic carbocycles. The molecule has 0 saturated heterocycles. The third kappa shape index (κ3) is 2.79. The van der Waals surface area contributed by atoms with Gasteiger partial charge < -0.3 is 10.5 Å². The summed E-state index contributed by atoms with van der Waals surface area (Å²) in [6.45, 7) is 5.48. The minimum Gasteiger partial charge on any atom is -0.469 e. The van der Waals surface area contributed by atoms with E-state index in [2.05, 4.69) is 0 Å². The van der Waals surface area contributed by atoms with Crippen molar-refractivity contribution in [3.05, 3.63) is 34.3 Å². The molecule has 3 nitrogen and oxygen atoms in total. The third-order valence-electron chi connectivity index (χ3n) is 3.06. The van der Waals surface area contributed by atoms with Crippen LogP contribution in [-0.4, -0.2) is 13.1 Å². The van der Waals surface area contributed by atoms with Crippen molar-refractivity contribution in [1.29, 1.82) is 0 Å². The van der Waals surface area contributed by atoms with Crippen LogP contribution in [0.15, 0.2) is 18.2 Å². The van der Waals surface area contributed by atoms with Crippen LogP contribution in [0.25, 0.3) is 0 Å². The van der Waals surface area contributed by atoms with E-state index in [0.29, 0.717) is 5.02 Å². The minimum absolute atomic E-state index is 0.320. The van der Waals surface area contributed by atoms with Gasteiger partial charge in [0.2, 0.25) is 0 Å². The molecule has 1 aromatic rings. The summed E-state index contributed by atoms with van der Waals surface area (Å²) in [5.41, 5.74) is 7.27. The van der Waals surface area contributed by atoms with Crippen molar-refractivity contribution in [2.45, 2.75) is 26.8 Å². The number of halogens is 1. The Morgan fingerprint density at radius 2 is 2.06 bits per heavy atom. The summed E-state index contributed by atoms with van der Waals surface area (Å²) in [4.78, 5) is 11.7. The van der Waals surface area contributed by atoms with Crippen molar-refractivity contribution in [2.75, 3.05) is 7.11 Å². The van der Waals surface area contributed by atoms with Crippen LogP contribution in [-0.2, 0) is 9.53 Å². The molecule has 1 rings (SSSR count). The summed E-state index contributed by atoms with van der Waals surface area (Å²) in [5, 5.41) is 0.661. The number of methoxy groups -OCH3 is 1. The predicted octanol–water partition coefficient (Wildman–Crippen LogP) is 2.85. The highest BCUT2D eigenvalue weighted by Gasteiger charge is 2.37. The fourth-order valence-electron chi connectivity index (χ4n) is 1.77. The van der Waals surface area contributed by atoms with E-state index < -0.39 is 11.5 Å². The second kappa shape index (κ2) is 5.07. The fourth-order valence-corrected chi connectivity index (χ4v) is 1.99. The van der Waals surface area contributed by atoms with Crippen molar-refractivity contribution in [1.82, 2.24) is 0 Å². The Kier molecular flexibility index (Phi) is 4.17. The van der Waals surface area contributed by atoms with Crippen LogP contribution in [0.4, 0.5) is 0 Å². The maximum absolute atomic E-state index is 11.7. The van der Waals surface area contributed by atoms with Crippen LogP contribution >= 0.6 is 11.6 Å². The molecule has 0 aliphatic carbocycles. The highest BCUT2D eigenvalue weighted by molar-refractivity contribution is 6.30. The van der Waals surface area contributed by atoms with E-state index in [1.807, 2.05) is 19.1 Å². The number of nitrogens with two attached hydrogens (primary N) is 1. The average molecular weight is 256 g/mol. The number of ether oxygens (including phenoxy) is 1. The van der Waals surface area contributed by atoms with Crippen molar-refractivity contribution < 1.29 is 9.53 Å². The molecular weight excluding hydrogens is 238 g/mol. The highest BCUT2D eigenvalue weighted by Crippen LogP contribution is 2.34. The molecule has 0 bridgehead atoms. The van der Waals surface area contributed by atoms with Gasteiger partial charge in [0.15, 0.2) is 0 Å². The first-order valence-electron chi connectivity index (χ1n) is 5.40. The van der Waals surface area contributed by atoms with Crippen LogP contribution in [0.1, 0.15) is 31.0 Å². The molecule has 0 amide bonds. The summed E-state index contributed by atoms with van der Waals surface area (Å²) >= 11 is 5.89. The van der Waals surface area contributed by atoms with E-state index in [4.69, 9.17) is 22.1 Å². The lowest BCUT2D eigenvalue weighted by molar-refractivity contribution is -0.152. The largest absolute Gasteiger partial charge is 0.469 e. The first-order valence-corrected chi connectivity index (χ1v) is 5.78. The van der Waals surface area contributed by atoms with Crippen molar-refractivity contribution in [2.24, 2.45) is 11.1 Å². The number of aryl methyl sites for hydroxylation is 1. The lowest BCUT2D eigenvalue weighted by Gasteiger charge is -2.30. The third-order valence-corrected chi connectivity index (χ3v) is 3.29. The molecule has 0 radical (unpaired) electrons. The second-order valence-corrected chi connectivity index (χ2v) is 5.13. The molecule has 0 aromatic heterocycles. The topological polar surface area (TPSA) is 52.3 Å². The van der Waals surface area contributed by atoms with E-state index >= 15 is 0 Å². The molecule has 0 fully saturated rings. The quantitative estimate of drug-likeness (QED) is 0.845. The first-order chi connectivity index (χ1) is 7.80. The standard InChI is InChI=1S/C13H18ClNO2/c1-8-7-9(14)5-6-10(8)11(15)13(2,3)12(16)17-4/h5-7,11H,15H2,1-4H3/t11-/m1/s1. The first kappa shape index (κ1) is 14.0. The monoisotopic (exact) mass is 255 g/mol. The van der Waals surface area contributed by atoms with Gasteiger partial charge in [-0.2, -0.15) is 0 Å². The van der Waals surface area contributed by atoms with E-state index in [1.165, 1.54) is 7.11 Å². The van der Waals surface area contributed by atoms with E-state index in [9.17, 15) is 4.79 Å². The molecule has 17 heavy (non-hydrogen) atoms. The van der Waals surface area contributed by atoms with Gasteiger partial charge in [-0.15, -0.1) is 0 Å². The number of hydrogen-bond acceptors (Lipinski definition) is 3. The Balaban J connectivity index is 3.11. The van der Waals surface area contributed by atoms with Crippen LogP contribution in [0.3, 0.4) is 0 Å². The minimum atomic E-state index is -0.770. The van der Waals surface area contributed by atoms with Crippen LogP contribution in [0, 0.1) is 12.3 Å². The molecular formula is C13H18ClNO2. The number of rotatable bonds is 3. The number of carbonyl (C=O) groups excluding carboxylic acids is 1. The lowest BCUT2D eigenvalue weighted by Crippen LogP contribution is -2.37. The van der Waals surface area contributed by atoms with E-state index in [1.54, 1.807) is 19.9 Å². The zero-order chi connectivity index (χ0) is 13.2. The smallest absolute Gasteiger partial charge is 0.313 e.